The van der Waals surface area contributed by atoms with Crippen molar-refractivity contribution in [2.75, 3.05) is 7.11 Å². The molecule has 0 fully saturated rings. The number of hydrogen-bond acceptors (Lipinski definition) is 3. The summed E-state index contributed by atoms with van der Waals surface area (Å²) in [7, 11) is 3.37. The predicted octanol–water partition coefficient (Wildman–Crippen LogP) is 2.45. The fraction of sp³-hybridized carbons (Fsp3) is 0.182. The molecular weight excluding hydrogens is 228 g/mol. The number of methoxy groups -OCH3 is 1. The van der Waals surface area contributed by atoms with Crippen molar-refractivity contribution in [3.05, 3.63) is 29.4 Å². The van der Waals surface area contributed by atoms with Crippen LogP contribution in [-0.4, -0.2) is 21.8 Å². The van der Waals surface area contributed by atoms with Gasteiger partial charge in [0.05, 0.1) is 18.9 Å². The van der Waals surface area contributed by atoms with Crippen molar-refractivity contribution in [2.45, 2.75) is 0 Å². The minimum atomic E-state index is -0.0190. The zero-order chi connectivity index (χ0) is 11.7. The summed E-state index contributed by atoms with van der Waals surface area (Å²) in [4.78, 5) is 4.01. The van der Waals surface area contributed by atoms with E-state index in [4.69, 9.17) is 16.3 Å². The third kappa shape index (κ3) is 1.84. The second-order valence-electron chi connectivity index (χ2n) is 3.38. The molecule has 0 amide bonds. The smallest absolute Gasteiger partial charge is 0.229 e. The molecule has 5 heteroatoms. The summed E-state index contributed by atoms with van der Waals surface area (Å²) >= 11 is 5.87. The second kappa shape index (κ2) is 4.06. The number of aromatic hydroxyl groups is 1. The van der Waals surface area contributed by atoms with E-state index in [-0.39, 0.29) is 5.88 Å². The average molecular weight is 239 g/mol. The lowest BCUT2D eigenvalue weighted by atomic mass is 10.2. The van der Waals surface area contributed by atoms with E-state index in [1.54, 1.807) is 30.9 Å². The number of hydrogen-bond donors (Lipinski definition) is 1. The molecule has 16 heavy (non-hydrogen) atoms. The Morgan fingerprint density at radius 1 is 1.44 bits per heavy atom. The van der Waals surface area contributed by atoms with Gasteiger partial charge in [0.15, 0.2) is 0 Å². The van der Waals surface area contributed by atoms with Crippen LogP contribution in [0.2, 0.25) is 5.02 Å². The Balaban J connectivity index is 2.59. The quantitative estimate of drug-likeness (QED) is 0.874. The number of ether oxygens (including phenoxy) is 1. The van der Waals surface area contributed by atoms with E-state index in [9.17, 15) is 5.11 Å². The molecule has 0 radical (unpaired) electrons. The molecule has 0 aliphatic heterocycles. The Morgan fingerprint density at radius 2 is 2.19 bits per heavy atom. The number of aryl methyl sites for hydroxylation is 1. The van der Waals surface area contributed by atoms with Crippen LogP contribution in [0.5, 0.6) is 11.6 Å². The van der Waals surface area contributed by atoms with Crippen molar-refractivity contribution in [3.8, 4) is 23.0 Å². The molecule has 0 saturated carbocycles. The average Bonchev–Trinajstić information content (AvgIpc) is 2.57. The van der Waals surface area contributed by atoms with E-state index in [2.05, 4.69) is 4.98 Å². The highest BCUT2D eigenvalue weighted by molar-refractivity contribution is 6.30. The molecular formula is C11H11ClN2O2. The van der Waals surface area contributed by atoms with Gasteiger partial charge in [-0.1, -0.05) is 11.6 Å². The Bertz CT molecular complexity index is 523. The fourth-order valence-electron chi connectivity index (χ4n) is 1.55. The van der Waals surface area contributed by atoms with Crippen LogP contribution in [0.3, 0.4) is 0 Å². The van der Waals surface area contributed by atoms with E-state index < -0.39 is 0 Å². The lowest BCUT2D eigenvalue weighted by Crippen LogP contribution is -1.94. The van der Waals surface area contributed by atoms with Crippen molar-refractivity contribution in [2.24, 2.45) is 7.05 Å². The first-order valence-electron chi connectivity index (χ1n) is 4.68. The number of halogens is 1. The molecule has 1 aromatic heterocycles. The van der Waals surface area contributed by atoms with Crippen LogP contribution in [0.15, 0.2) is 24.4 Å². The first-order valence-corrected chi connectivity index (χ1v) is 5.06. The number of rotatable bonds is 2. The summed E-state index contributed by atoms with van der Waals surface area (Å²) in [6, 6.07) is 5.27. The van der Waals surface area contributed by atoms with Crippen LogP contribution in [0, 0.1) is 0 Å². The first kappa shape index (κ1) is 10.8. The molecule has 0 aliphatic carbocycles. The summed E-state index contributed by atoms with van der Waals surface area (Å²) in [5.74, 6) is 1.24. The van der Waals surface area contributed by atoms with E-state index in [1.165, 1.54) is 6.20 Å². The van der Waals surface area contributed by atoms with Crippen LogP contribution in [0.4, 0.5) is 0 Å². The summed E-state index contributed by atoms with van der Waals surface area (Å²) in [5, 5.41) is 9.91. The van der Waals surface area contributed by atoms with Crippen LogP contribution < -0.4 is 4.74 Å². The zero-order valence-electron chi connectivity index (χ0n) is 8.94. The third-order valence-electron chi connectivity index (χ3n) is 2.27. The second-order valence-corrected chi connectivity index (χ2v) is 3.81. The molecule has 4 nitrogen and oxygen atoms in total. The maximum Gasteiger partial charge on any atom is 0.229 e. The lowest BCUT2D eigenvalue weighted by Gasteiger charge is -2.08. The number of benzene rings is 1. The molecule has 0 spiro atoms. The molecule has 0 saturated heterocycles. The van der Waals surface area contributed by atoms with Gasteiger partial charge in [-0.2, -0.15) is 4.98 Å². The van der Waals surface area contributed by atoms with Crippen molar-refractivity contribution in [3.63, 3.8) is 0 Å². The van der Waals surface area contributed by atoms with Gasteiger partial charge in [-0.25, -0.2) is 0 Å². The van der Waals surface area contributed by atoms with Gasteiger partial charge in [-0.3, -0.25) is 0 Å². The van der Waals surface area contributed by atoms with Crippen molar-refractivity contribution in [1.82, 2.24) is 9.55 Å². The predicted molar refractivity (Wildman–Crippen MR) is 61.9 cm³/mol. The molecule has 2 aromatic rings. The van der Waals surface area contributed by atoms with Crippen LogP contribution >= 0.6 is 11.6 Å². The standard InChI is InChI=1S/C11H11ClN2O2/c1-14-6-10(15)13-11(14)8-4-3-7(12)5-9(8)16-2/h3-6,15H,1-2H3. The molecule has 0 atom stereocenters. The van der Waals surface area contributed by atoms with Gasteiger partial charge in [0.2, 0.25) is 5.88 Å². The molecule has 1 heterocycles. The van der Waals surface area contributed by atoms with Crippen LogP contribution in [0.1, 0.15) is 0 Å². The van der Waals surface area contributed by atoms with Gasteiger partial charge in [-0.15, -0.1) is 0 Å². The van der Waals surface area contributed by atoms with Gasteiger partial charge < -0.3 is 14.4 Å². The highest BCUT2D eigenvalue weighted by Crippen LogP contribution is 2.32. The van der Waals surface area contributed by atoms with Crippen LogP contribution in [0.25, 0.3) is 11.4 Å². The molecule has 1 aromatic carbocycles. The zero-order valence-corrected chi connectivity index (χ0v) is 9.69. The molecule has 0 unspecified atom stereocenters. The Kier molecular flexibility index (Phi) is 2.75. The maximum atomic E-state index is 9.31. The van der Waals surface area contributed by atoms with Gasteiger partial charge in [0.1, 0.15) is 11.6 Å². The summed E-state index contributed by atoms with van der Waals surface area (Å²) in [5.41, 5.74) is 0.787. The Hall–Kier alpha value is -1.68. The summed E-state index contributed by atoms with van der Waals surface area (Å²) in [6.07, 6.45) is 1.53. The van der Waals surface area contributed by atoms with Crippen molar-refractivity contribution < 1.29 is 9.84 Å². The lowest BCUT2D eigenvalue weighted by molar-refractivity contribution is 0.416. The molecule has 1 N–H and O–H groups in total. The Morgan fingerprint density at radius 3 is 2.75 bits per heavy atom. The van der Waals surface area contributed by atoms with E-state index >= 15 is 0 Å². The maximum absolute atomic E-state index is 9.31. The number of nitrogens with zero attached hydrogens (tertiary/aromatic N) is 2. The van der Waals surface area contributed by atoms with Gasteiger partial charge in [-0.05, 0) is 18.2 Å². The van der Waals surface area contributed by atoms with E-state index in [0.717, 1.165) is 5.56 Å². The van der Waals surface area contributed by atoms with Gasteiger partial charge in [0.25, 0.3) is 0 Å². The molecule has 0 bridgehead atoms. The normalized spacial score (nSPS) is 10.4. The third-order valence-corrected chi connectivity index (χ3v) is 2.50. The van der Waals surface area contributed by atoms with Crippen LogP contribution in [-0.2, 0) is 7.05 Å². The molecule has 84 valence electrons. The number of aromatic nitrogens is 2. The first-order chi connectivity index (χ1) is 7.61. The Labute approximate surface area is 98.1 Å². The summed E-state index contributed by atoms with van der Waals surface area (Å²) < 4.78 is 6.95. The molecule has 0 aliphatic rings. The highest BCUT2D eigenvalue weighted by Gasteiger charge is 2.12. The SMILES string of the molecule is COc1cc(Cl)ccc1-c1nc(O)cn1C. The van der Waals surface area contributed by atoms with Gasteiger partial charge >= 0.3 is 0 Å². The van der Waals surface area contributed by atoms with E-state index in [1.807, 2.05) is 6.07 Å². The largest absolute Gasteiger partial charge is 0.496 e. The molecule has 2 rings (SSSR count). The summed E-state index contributed by atoms with van der Waals surface area (Å²) in [6.45, 7) is 0. The van der Waals surface area contributed by atoms with E-state index in [0.29, 0.717) is 16.6 Å². The fourth-order valence-corrected chi connectivity index (χ4v) is 1.71. The monoisotopic (exact) mass is 238 g/mol. The minimum absolute atomic E-state index is 0.0190. The minimum Gasteiger partial charge on any atom is -0.496 e. The highest BCUT2D eigenvalue weighted by atomic mass is 35.5. The van der Waals surface area contributed by atoms with Crippen molar-refractivity contribution in [1.29, 1.82) is 0 Å². The van der Waals surface area contributed by atoms with Crippen molar-refractivity contribution >= 4 is 11.6 Å². The topological polar surface area (TPSA) is 47.3 Å². The number of imidazole rings is 1. The van der Waals surface area contributed by atoms with Gasteiger partial charge in [0, 0.05) is 12.1 Å².